The zero-order valence-electron chi connectivity index (χ0n) is 11.2. The van der Waals surface area contributed by atoms with Crippen LogP contribution in [0.4, 0.5) is 0 Å². The molecule has 0 saturated carbocycles. The quantitative estimate of drug-likeness (QED) is 0.811. The fraction of sp³-hybridized carbons (Fsp3) is 0.133. The van der Waals surface area contributed by atoms with E-state index in [0.717, 1.165) is 0 Å². The van der Waals surface area contributed by atoms with Gasteiger partial charge in [0.1, 0.15) is 11.5 Å². The van der Waals surface area contributed by atoms with Crippen LogP contribution >= 0.6 is 0 Å². The molecule has 2 rings (SSSR count). The van der Waals surface area contributed by atoms with Gasteiger partial charge in [-0.25, -0.2) is 0 Å². The highest BCUT2D eigenvalue weighted by Gasteiger charge is 2.22. The van der Waals surface area contributed by atoms with Crippen molar-refractivity contribution in [3.05, 3.63) is 60.2 Å². The lowest BCUT2D eigenvalue weighted by molar-refractivity contribution is -0.119. The average molecular weight is 270 g/mol. The Bertz CT molecular complexity index is 571. The maximum Gasteiger partial charge on any atom is 0.354 e. The van der Waals surface area contributed by atoms with E-state index in [9.17, 15) is 4.79 Å². The van der Waals surface area contributed by atoms with Gasteiger partial charge in [0.15, 0.2) is 11.8 Å². The van der Waals surface area contributed by atoms with Crippen molar-refractivity contribution in [1.29, 1.82) is 0 Å². The van der Waals surface area contributed by atoms with Gasteiger partial charge in [0.05, 0.1) is 7.11 Å². The van der Waals surface area contributed by atoms with Gasteiger partial charge in [0.2, 0.25) is 0 Å². The minimum Gasteiger partial charge on any atom is -0.497 e. The van der Waals surface area contributed by atoms with E-state index in [1.165, 1.54) is 0 Å². The number of methoxy groups -OCH3 is 1. The van der Waals surface area contributed by atoms with E-state index in [4.69, 9.17) is 14.5 Å². The second kappa shape index (κ2) is 6.77. The molecule has 0 aromatic heterocycles. The lowest BCUT2D eigenvalue weighted by Gasteiger charge is -2.18. The van der Waals surface area contributed by atoms with Crippen LogP contribution in [0.25, 0.3) is 0 Å². The lowest BCUT2D eigenvalue weighted by Crippen LogP contribution is -2.24. The first-order valence-corrected chi connectivity index (χ1v) is 6.24. The molecule has 0 spiro atoms. The van der Waals surface area contributed by atoms with Gasteiger partial charge in [-0.05, 0) is 17.7 Å². The highest BCUT2D eigenvalue weighted by molar-refractivity contribution is 6.68. The third kappa shape index (κ3) is 3.39. The topological polar surface area (TPSA) is 55.8 Å². The first-order valence-electron chi connectivity index (χ1n) is 6.24. The van der Waals surface area contributed by atoms with E-state index < -0.39 is 13.6 Å². The Morgan fingerprint density at radius 3 is 2.45 bits per heavy atom. The second-order valence-electron chi connectivity index (χ2n) is 4.21. The van der Waals surface area contributed by atoms with Crippen molar-refractivity contribution in [1.82, 2.24) is 0 Å². The van der Waals surface area contributed by atoms with Crippen LogP contribution in [0.5, 0.6) is 11.5 Å². The molecule has 4 nitrogen and oxygen atoms in total. The van der Waals surface area contributed by atoms with Crippen LogP contribution in [-0.4, -0.2) is 25.3 Å². The lowest BCUT2D eigenvalue weighted by atomic mass is 9.86. The highest BCUT2D eigenvalue weighted by atomic mass is 16.5. The summed E-state index contributed by atoms with van der Waals surface area (Å²) in [5.41, 5.74) is 0.313. The molecule has 0 bridgehead atoms. The van der Waals surface area contributed by atoms with E-state index in [2.05, 4.69) is 0 Å². The Labute approximate surface area is 118 Å². The monoisotopic (exact) mass is 270 g/mol. The van der Waals surface area contributed by atoms with Crippen molar-refractivity contribution in [3.63, 3.8) is 0 Å². The van der Waals surface area contributed by atoms with Crippen LogP contribution in [0, 0.1) is 0 Å². The molecule has 0 saturated heterocycles. The number of benzene rings is 2. The predicted octanol–water partition coefficient (Wildman–Crippen LogP) is 1.69. The molecule has 0 fully saturated rings. The summed E-state index contributed by atoms with van der Waals surface area (Å²) in [6.07, 6.45) is -0.826. The van der Waals surface area contributed by atoms with E-state index in [1.54, 1.807) is 43.5 Å². The molecule has 1 N–H and O–H groups in total. The largest absolute Gasteiger partial charge is 0.497 e. The molecule has 5 heteroatoms. The van der Waals surface area contributed by atoms with Gasteiger partial charge in [-0.3, -0.25) is 0 Å². The van der Waals surface area contributed by atoms with Crippen LogP contribution in [0.15, 0.2) is 54.6 Å². The first-order chi connectivity index (χ1) is 9.74. The molecule has 102 valence electrons. The van der Waals surface area contributed by atoms with Crippen LogP contribution in [0.3, 0.4) is 0 Å². The molecule has 1 atom stereocenters. The Morgan fingerprint density at radius 2 is 1.80 bits per heavy atom. The van der Waals surface area contributed by atoms with Crippen molar-refractivity contribution in [2.75, 3.05) is 7.11 Å². The van der Waals surface area contributed by atoms with Gasteiger partial charge in [0, 0.05) is 6.07 Å². The predicted molar refractivity (Wildman–Crippen MR) is 77.2 cm³/mol. The molecule has 0 aliphatic carbocycles. The van der Waals surface area contributed by atoms with Gasteiger partial charge in [0.25, 0.3) is 0 Å². The van der Waals surface area contributed by atoms with Crippen molar-refractivity contribution in [2.24, 2.45) is 0 Å². The van der Waals surface area contributed by atoms with E-state index in [-0.39, 0.29) is 5.68 Å². The molecule has 0 aliphatic heterocycles. The first kappa shape index (κ1) is 14.2. The average Bonchev–Trinajstić information content (AvgIpc) is 2.53. The fourth-order valence-electron chi connectivity index (χ4n) is 1.84. The summed E-state index contributed by atoms with van der Waals surface area (Å²) in [7, 11) is 0.996. The fourth-order valence-corrected chi connectivity index (χ4v) is 1.84. The van der Waals surface area contributed by atoms with Crippen molar-refractivity contribution in [2.45, 2.75) is 6.10 Å². The van der Waals surface area contributed by atoms with Crippen LogP contribution in [0.2, 0.25) is 0 Å². The zero-order chi connectivity index (χ0) is 14.4. The third-order valence-electron chi connectivity index (χ3n) is 2.85. The summed E-state index contributed by atoms with van der Waals surface area (Å²) in [6, 6.07) is 16.1. The van der Waals surface area contributed by atoms with Gasteiger partial charge in [-0.2, -0.15) is 0 Å². The minimum atomic E-state index is -0.826. The summed E-state index contributed by atoms with van der Waals surface area (Å²) in [4.78, 5) is 11.9. The number of carbonyl (C=O) groups excluding carboxylic acids is 1. The van der Waals surface area contributed by atoms with Gasteiger partial charge < -0.3 is 19.3 Å². The van der Waals surface area contributed by atoms with Crippen LogP contribution in [0.1, 0.15) is 11.7 Å². The van der Waals surface area contributed by atoms with Crippen LogP contribution in [-0.2, 0) is 4.79 Å². The zero-order valence-corrected chi connectivity index (χ0v) is 11.2. The van der Waals surface area contributed by atoms with Crippen LogP contribution < -0.4 is 9.47 Å². The van der Waals surface area contributed by atoms with E-state index in [1.807, 2.05) is 18.2 Å². The molecule has 0 aliphatic rings. The Hall–Kier alpha value is -2.27. The summed E-state index contributed by atoms with van der Waals surface area (Å²) >= 11 is 0. The molecule has 0 heterocycles. The maximum atomic E-state index is 11.9. The SMILES string of the molecule is COc1cccc(OC(C(=O)BO)c2ccccc2)c1. The summed E-state index contributed by atoms with van der Waals surface area (Å²) in [5.74, 6) is 1.16. The highest BCUT2D eigenvalue weighted by Crippen LogP contribution is 2.25. The normalized spacial score (nSPS) is 11.5. The molecular weight excluding hydrogens is 255 g/mol. The standard InChI is InChI=1S/C15H15BO4/c1-19-12-8-5-9-13(10-12)20-14(15(17)16-18)11-6-3-2-4-7-11/h2-10,14,16,18H,1H3. The van der Waals surface area contributed by atoms with Crippen molar-refractivity contribution < 1.29 is 19.3 Å². The Balaban J connectivity index is 2.26. The van der Waals surface area contributed by atoms with Crippen molar-refractivity contribution >= 4 is 13.2 Å². The smallest absolute Gasteiger partial charge is 0.354 e. The molecule has 20 heavy (non-hydrogen) atoms. The van der Waals surface area contributed by atoms with Gasteiger partial charge in [-0.15, -0.1) is 0 Å². The molecule has 2 aromatic rings. The molecular formula is C15H15BO4. The van der Waals surface area contributed by atoms with E-state index in [0.29, 0.717) is 17.1 Å². The number of hydrogen-bond acceptors (Lipinski definition) is 4. The summed E-state index contributed by atoms with van der Waals surface area (Å²) < 4.78 is 10.8. The second-order valence-corrected chi connectivity index (χ2v) is 4.21. The Morgan fingerprint density at radius 1 is 1.10 bits per heavy atom. The number of ether oxygens (including phenoxy) is 2. The molecule has 0 amide bonds. The number of carbonyl (C=O) groups is 1. The molecule has 2 aromatic carbocycles. The van der Waals surface area contributed by atoms with Crippen molar-refractivity contribution in [3.8, 4) is 11.5 Å². The van der Waals surface area contributed by atoms with E-state index >= 15 is 0 Å². The van der Waals surface area contributed by atoms with Gasteiger partial charge in [-0.1, -0.05) is 36.4 Å². The molecule has 1 unspecified atom stereocenters. The summed E-state index contributed by atoms with van der Waals surface area (Å²) in [5, 5.41) is 9.09. The number of rotatable bonds is 6. The molecule has 0 radical (unpaired) electrons. The maximum absolute atomic E-state index is 11.9. The van der Waals surface area contributed by atoms with Gasteiger partial charge >= 0.3 is 7.48 Å². The summed E-state index contributed by atoms with van der Waals surface area (Å²) in [6.45, 7) is 0. The minimum absolute atomic E-state index is 0.390. The number of hydrogen-bond donors (Lipinski definition) is 1. The third-order valence-corrected chi connectivity index (χ3v) is 2.85. The Kier molecular flexibility index (Phi) is 4.79.